The van der Waals surface area contributed by atoms with E-state index in [4.69, 9.17) is 0 Å². The fraction of sp³-hybridized carbons (Fsp3) is 0.214. The average Bonchev–Trinajstić information content (AvgIpc) is 3.20. The molecule has 3 aliphatic rings. The Kier molecular flexibility index (Phi) is 4.30. The minimum absolute atomic E-state index is 0.0269. The standard InChI is InChI=1S/C28H23F3/c1-4-9-19-21-15-14-18(28(29,30)31)16-25(21)27(23(19)5-2)24-13-7-6-11-20(24)22-12-8-10-17(3)26(22)27/h4-17,26H,1H2,2-3H3/b19-9-,23-5+. The van der Waals surface area contributed by atoms with Gasteiger partial charge in [0, 0.05) is 5.92 Å². The van der Waals surface area contributed by atoms with Crippen LogP contribution in [0.25, 0.3) is 11.1 Å². The zero-order valence-electron chi connectivity index (χ0n) is 17.5. The summed E-state index contributed by atoms with van der Waals surface area (Å²) in [7, 11) is 0. The highest BCUT2D eigenvalue weighted by Gasteiger charge is 2.59. The van der Waals surface area contributed by atoms with E-state index < -0.39 is 17.2 Å². The number of hydrogen-bond acceptors (Lipinski definition) is 0. The van der Waals surface area contributed by atoms with Crippen molar-refractivity contribution >= 4 is 11.1 Å². The molecule has 0 amide bonds. The molecule has 3 heteroatoms. The molecule has 0 aliphatic heterocycles. The molecule has 0 saturated carbocycles. The Bertz CT molecular complexity index is 1220. The maximum atomic E-state index is 13.8. The van der Waals surface area contributed by atoms with E-state index in [0.29, 0.717) is 0 Å². The fourth-order valence-corrected chi connectivity index (χ4v) is 6.05. The third-order valence-electron chi connectivity index (χ3n) is 7.03. The van der Waals surface area contributed by atoms with E-state index in [9.17, 15) is 13.2 Å². The summed E-state index contributed by atoms with van der Waals surface area (Å²) in [5.41, 5.74) is 5.78. The molecular weight excluding hydrogens is 393 g/mol. The summed E-state index contributed by atoms with van der Waals surface area (Å²) in [5, 5.41) is 0. The summed E-state index contributed by atoms with van der Waals surface area (Å²) < 4.78 is 41.4. The SMILES string of the molecule is C=C/C=C1\C(=C/C)C2(c3ccccc3C3=CC=CC(C)C32)c2cc(C(F)(F)F)ccc21. The van der Waals surface area contributed by atoms with Crippen molar-refractivity contribution in [2.75, 3.05) is 0 Å². The molecule has 156 valence electrons. The normalized spacial score (nSPS) is 28.6. The van der Waals surface area contributed by atoms with Crippen LogP contribution in [0.15, 0.2) is 91.1 Å². The smallest absolute Gasteiger partial charge is 0.166 e. The Morgan fingerprint density at radius 1 is 1.03 bits per heavy atom. The maximum absolute atomic E-state index is 13.8. The lowest BCUT2D eigenvalue weighted by Gasteiger charge is -2.39. The van der Waals surface area contributed by atoms with Crippen molar-refractivity contribution in [3.8, 4) is 0 Å². The van der Waals surface area contributed by atoms with Gasteiger partial charge in [0.15, 0.2) is 0 Å². The minimum atomic E-state index is -4.40. The highest BCUT2D eigenvalue weighted by atomic mass is 19.4. The molecular formula is C28H23F3. The number of alkyl halides is 3. The van der Waals surface area contributed by atoms with Gasteiger partial charge in [-0.05, 0) is 63.9 Å². The van der Waals surface area contributed by atoms with E-state index in [1.807, 2.05) is 25.1 Å². The first-order valence-electron chi connectivity index (χ1n) is 10.6. The van der Waals surface area contributed by atoms with Crippen LogP contribution in [0.1, 0.15) is 41.7 Å². The minimum Gasteiger partial charge on any atom is -0.166 e. The average molecular weight is 416 g/mol. The molecule has 0 saturated heterocycles. The van der Waals surface area contributed by atoms with E-state index >= 15 is 0 Å². The van der Waals surface area contributed by atoms with Gasteiger partial charge >= 0.3 is 6.18 Å². The first kappa shape index (κ1) is 19.9. The van der Waals surface area contributed by atoms with Crippen molar-refractivity contribution in [1.29, 1.82) is 0 Å². The van der Waals surface area contributed by atoms with Crippen LogP contribution in [-0.2, 0) is 11.6 Å². The van der Waals surface area contributed by atoms with Gasteiger partial charge in [0.25, 0.3) is 0 Å². The van der Waals surface area contributed by atoms with Gasteiger partial charge in [-0.15, -0.1) is 0 Å². The third kappa shape index (κ3) is 2.49. The number of halogens is 3. The topological polar surface area (TPSA) is 0 Å². The molecule has 1 spiro atoms. The van der Waals surface area contributed by atoms with Gasteiger partial charge in [-0.25, -0.2) is 0 Å². The van der Waals surface area contributed by atoms with Gasteiger partial charge in [0.05, 0.1) is 11.0 Å². The molecule has 2 aromatic rings. The van der Waals surface area contributed by atoms with E-state index in [-0.39, 0.29) is 11.8 Å². The van der Waals surface area contributed by atoms with Crippen LogP contribution in [0, 0.1) is 11.8 Å². The number of hydrogen-bond donors (Lipinski definition) is 0. The van der Waals surface area contributed by atoms with Crippen molar-refractivity contribution in [2.45, 2.75) is 25.4 Å². The van der Waals surface area contributed by atoms with Crippen LogP contribution in [0.5, 0.6) is 0 Å². The van der Waals surface area contributed by atoms with Crippen molar-refractivity contribution in [3.05, 3.63) is 119 Å². The fourth-order valence-electron chi connectivity index (χ4n) is 6.05. The molecule has 2 aromatic carbocycles. The second-order valence-electron chi connectivity index (χ2n) is 8.47. The van der Waals surface area contributed by atoms with Crippen LogP contribution in [0.4, 0.5) is 13.2 Å². The van der Waals surface area contributed by atoms with Gasteiger partial charge in [0.2, 0.25) is 0 Å². The van der Waals surface area contributed by atoms with Gasteiger partial charge < -0.3 is 0 Å². The lowest BCUT2D eigenvalue weighted by atomic mass is 9.62. The molecule has 0 heterocycles. The molecule has 3 atom stereocenters. The lowest BCUT2D eigenvalue weighted by molar-refractivity contribution is -0.137. The van der Waals surface area contributed by atoms with Crippen molar-refractivity contribution in [3.63, 3.8) is 0 Å². The third-order valence-corrected chi connectivity index (χ3v) is 7.03. The van der Waals surface area contributed by atoms with Gasteiger partial charge in [0.1, 0.15) is 0 Å². The number of fused-ring (bicyclic) bond motifs is 7. The first-order valence-corrected chi connectivity index (χ1v) is 10.6. The molecule has 5 rings (SSSR count). The van der Waals surface area contributed by atoms with Crippen LogP contribution in [0.2, 0.25) is 0 Å². The van der Waals surface area contributed by atoms with Crippen LogP contribution in [0.3, 0.4) is 0 Å². The van der Waals surface area contributed by atoms with E-state index in [2.05, 4.69) is 49.9 Å². The lowest BCUT2D eigenvalue weighted by Crippen LogP contribution is -2.36. The zero-order chi connectivity index (χ0) is 22.0. The summed E-state index contributed by atoms with van der Waals surface area (Å²) in [6.07, 6.45) is 7.71. The molecule has 31 heavy (non-hydrogen) atoms. The second-order valence-corrected chi connectivity index (χ2v) is 8.47. The van der Waals surface area contributed by atoms with Crippen molar-refractivity contribution in [1.82, 2.24) is 0 Å². The molecule has 0 N–H and O–H groups in total. The van der Waals surface area contributed by atoms with Crippen molar-refractivity contribution in [2.24, 2.45) is 11.8 Å². The molecule has 0 fully saturated rings. The van der Waals surface area contributed by atoms with E-state index in [1.165, 1.54) is 17.7 Å². The monoisotopic (exact) mass is 416 g/mol. The molecule has 0 radical (unpaired) electrons. The summed E-state index contributed by atoms with van der Waals surface area (Å²) in [6, 6.07) is 12.4. The van der Waals surface area contributed by atoms with Gasteiger partial charge in [-0.3, -0.25) is 0 Å². The molecule has 0 bridgehead atoms. The second kappa shape index (κ2) is 6.71. The Hall–Kier alpha value is -3.07. The van der Waals surface area contributed by atoms with E-state index in [1.54, 1.807) is 12.1 Å². The Morgan fingerprint density at radius 2 is 1.81 bits per heavy atom. The summed E-state index contributed by atoms with van der Waals surface area (Å²) in [4.78, 5) is 0. The summed E-state index contributed by atoms with van der Waals surface area (Å²) in [6.45, 7) is 8.02. The predicted octanol–water partition coefficient (Wildman–Crippen LogP) is 7.74. The van der Waals surface area contributed by atoms with Gasteiger partial charge in [-0.1, -0.05) is 80.3 Å². The Labute approximate surface area is 180 Å². The number of benzene rings is 2. The Morgan fingerprint density at radius 3 is 2.52 bits per heavy atom. The van der Waals surface area contributed by atoms with Gasteiger partial charge in [-0.2, -0.15) is 13.2 Å². The van der Waals surface area contributed by atoms with Crippen molar-refractivity contribution < 1.29 is 13.2 Å². The maximum Gasteiger partial charge on any atom is 0.416 e. The summed E-state index contributed by atoms with van der Waals surface area (Å²) >= 11 is 0. The first-order chi connectivity index (χ1) is 14.9. The predicted molar refractivity (Wildman–Crippen MR) is 120 cm³/mol. The molecule has 0 aromatic heterocycles. The molecule has 3 unspecified atom stereocenters. The van der Waals surface area contributed by atoms with Crippen LogP contribution < -0.4 is 0 Å². The highest BCUT2D eigenvalue weighted by Crippen LogP contribution is 2.67. The largest absolute Gasteiger partial charge is 0.416 e. The highest BCUT2D eigenvalue weighted by molar-refractivity contribution is 5.98. The molecule has 3 aliphatic carbocycles. The van der Waals surface area contributed by atoms with Crippen LogP contribution in [-0.4, -0.2) is 0 Å². The number of rotatable bonds is 1. The van der Waals surface area contributed by atoms with Crippen LogP contribution >= 0.6 is 0 Å². The van der Waals surface area contributed by atoms with E-state index in [0.717, 1.165) is 33.4 Å². The number of allylic oxidation sites excluding steroid dienone is 9. The Balaban J connectivity index is 1.95. The zero-order valence-corrected chi connectivity index (χ0v) is 17.5. The summed E-state index contributed by atoms with van der Waals surface area (Å²) in [5.74, 6) is 0.201. The quantitative estimate of drug-likeness (QED) is 0.446. The molecule has 0 nitrogen and oxygen atoms in total.